The summed E-state index contributed by atoms with van der Waals surface area (Å²) in [5, 5.41) is 35.1. The van der Waals surface area contributed by atoms with Crippen LogP contribution in [-0.4, -0.2) is 39.3 Å². The van der Waals surface area contributed by atoms with Gasteiger partial charge in [0.25, 0.3) is 0 Å². The van der Waals surface area contributed by atoms with Crippen molar-refractivity contribution in [2.45, 2.75) is 18.8 Å². The summed E-state index contributed by atoms with van der Waals surface area (Å²) in [6.07, 6.45) is -3.58. The first kappa shape index (κ1) is 8.91. The Kier molecular flexibility index (Phi) is 2.58. The van der Waals surface area contributed by atoms with Crippen LogP contribution in [-0.2, 0) is 4.79 Å². The molecule has 3 N–H and O–H groups in total. The Morgan fingerprint density at radius 2 is 2.00 bits per heavy atom. The van der Waals surface area contributed by atoms with Gasteiger partial charge in [0.1, 0.15) is 11.8 Å². The third-order valence-corrected chi connectivity index (χ3v) is 1.29. The van der Waals surface area contributed by atoms with E-state index in [4.69, 9.17) is 15.3 Å². The van der Waals surface area contributed by atoms with E-state index in [1.54, 1.807) is 0 Å². The molecule has 1 unspecified atom stereocenters. The molecule has 1 aliphatic heterocycles. The van der Waals surface area contributed by atoms with Crippen LogP contribution in [0.5, 0.6) is 0 Å². The van der Waals surface area contributed by atoms with Crippen molar-refractivity contribution in [3.63, 3.8) is 0 Å². The number of aliphatic hydroxyl groups is 3. The number of hydrogen-bond donors (Lipinski definition) is 3. The first-order chi connectivity index (χ1) is 5.61. The van der Waals surface area contributed by atoms with Gasteiger partial charge in [-0.1, -0.05) is 5.11 Å². The topological polar surface area (TPSA) is 115 Å². The standard InChI is InChI=1S/C5H7N3O4/c9-3(5(11)12)1-2-4(10)7-8-6-2/h3,5,9,11-12H,1H2. The van der Waals surface area contributed by atoms with Crippen LogP contribution in [0, 0.1) is 0 Å². The molecular formula is C5H7N3O4. The smallest absolute Gasteiger partial charge is 0.313 e. The van der Waals surface area contributed by atoms with Gasteiger partial charge in [-0.05, 0) is 5.22 Å². The number of hydrogen-bond acceptors (Lipinski definition) is 6. The average Bonchev–Trinajstić information content (AvgIpc) is 2.36. The lowest BCUT2D eigenvalue weighted by Crippen LogP contribution is -2.29. The van der Waals surface area contributed by atoms with Gasteiger partial charge < -0.3 is 15.3 Å². The molecule has 0 fully saturated rings. The summed E-state index contributed by atoms with van der Waals surface area (Å²) in [6, 6.07) is 0. The fourth-order valence-electron chi connectivity index (χ4n) is 0.649. The molecule has 1 aliphatic rings. The number of carbonyl (C=O) groups excluding carboxylic acids is 1. The van der Waals surface area contributed by atoms with E-state index in [0.717, 1.165) is 0 Å². The lowest BCUT2D eigenvalue weighted by Gasteiger charge is -2.09. The molecule has 7 nitrogen and oxygen atoms in total. The predicted molar refractivity (Wildman–Crippen MR) is 36.1 cm³/mol. The zero-order valence-corrected chi connectivity index (χ0v) is 5.95. The van der Waals surface area contributed by atoms with E-state index >= 15 is 0 Å². The zero-order chi connectivity index (χ0) is 9.14. The minimum atomic E-state index is -1.89. The monoisotopic (exact) mass is 173 g/mol. The lowest BCUT2D eigenvalue weighted by molar-refractivity contribution is -0.120. The van der Waals surface area contributed by atoms with Crippen LogP contribution in [0.2, 0.25) is 0 Å². The number of carbonyl (C=O) groups is 1. The van der Waals surface area contributed by atoms with E-state index in [1.807, 2.05) is 0 Å². The number of rotatable bonds is 3. The van der Waals surface area contributed by atoms with Gasteiger partial charge in [-0.15, -0.1) is 5.10 Å². The summed E-state index contributed by atoms with van der Waals surface area (Å²) in [6.45, 7) is 0. The van der Waals surface area contributed by atoms with E-state index in [2.05, 4.69) is 15.4 Å². The molecule has 0 saturated carbocycles. The Bertz CT molecular complexity index is 247. The highest BCUT2D eigenvalue weighted by molar-refractivity contribution is 6.40. The summed E-state index contributed by atoms with van der Waals surface area (Å²) in [4.78, 5) is 10.7. The van der Waals surface area contributed by atoms with Crippen molar-refractivity contribution in [1.29, 1.82) is 0 Å². The molecule has 0 aromatic heterocycles. The third-order valence-electron chi connectivity index (χ3n) is 1.29. The zero-order valence-electron chi connectivity index (χ0n) is 5.95. The maximum Gasteiger partial charge on any atom is 0.313 e. The third kappa shape index (κ3) is 1.91. The van der Waals surface area contributed by atoms with Crippen molar-refractivity contribution < 1.29 is 20.1 Å². The second-order valence-electron chi connectivity index (χ2n) is 2.23. The molecule has 66 valence electrons. The van der Waals surface area contributed by atoms with E-state index in [0.29, 0.717) is 0 Å². The maximum atomic E-state index is 10.7. The van der Waals surface area contributed by atoms with Gasteiger partial charge >= 0.3 is 5.91 Å². The van der Waals surface area contributed by atoms with E-state index < -0.39 is 18.3 Å². The SMILES string of the molecule is O=C1N=NN=C1CC(O)C(O)O. The number of amides is 1. The largest absolute Gasteiger partial charge is 0.387 e. The minimum Gasteiger partial charge on any atom is -0.387 e. The lowest BCUT2D eigenvalue weighted by atomic mass is 10.1. The molecule has 12 heavy (non-hydrogen) atoms. The van der Waals surface area contributed by atoms with Crippen LogP contribution < -0.4 is 0 Å². The molecular weight excluding hydrogens is 166 g/mol. The van der Waals surface area contributed by atoms with E-state index in [1.165, 1.54) is 0 Å². The maximum absolute atomic E-state index is 10.7. The summed E-state index contributed by atoms with van der Waals surface area (Å²) in [5.41, 5.74) is -0.0735. The van der Waals surface area contributed by atoms with Crippen molar-refractivity contribution >= 4 is 11.6 Å². The first-order valence-corrected chi connectivity index (χ1v) is 3.17. The van der Waals surface area contributed by atoms with Gasteiger partial charge in [0.15, 0.2) is 6.29 Å². The Morgan fingerprint density at radius 3 is 2.42 bits per heavy atom. The van der Waals surface area contributed by atoms with Crippen LogP contribution in [0.25, 0.3) is 0 Å². The second-order valence-corrected chi connectivity index (χ2v) is 2.23. The Balaban J connectivity index is 2.48. The van der Waals surface area contributed by atoms with Crippen LogP contribution in [0.3, 0.4) is 0 Å². The Hall–Kier alpha value is -1.18. The molecule has 7 heteroatoms. The molecule has 1 rings (SSSR count). The van der Waals surface area contributed by atoms with Gasteiger partial charge in [-0.2, -0.15) is 0 Å². The molecule has 0 saturated heterocycles. The number of nitrogens with zero attached hydrogens (tertiary/aromatic N) is 3. The van der Waals surface area contributed by atoms with Crippen LogP contribution >= 0.6 is 0 Å². The highest BCUT2D eigenvalue weighted by Crippen LogP contribution is 2.05. The van der Waals surface area contributed by atoms with Crippen LogP contribution in [0.4, 0.5) is 0 Å². The van der Waals surface area contributed by atoms with Crippen LogP contribution in [0.15, 0.2) is 15.4 Å². The summed E-state index contributed by atoms with van der Waals surface area (Å²) in [7, 11) is 0. The van der Waals surface area contributed by atoms with Gasteiger partial charge in [0.05, 0.1) is 0 Å². The second kappa shape index (κ2) is 3.48. The molecule has 0 spiro atoms. The fourth-order valence-corrected chi connectivity index (χ4v) is 0.649. The normalized spacial score (nSPS) is 18.7. The van der Waals surface area contributed by atoms with Gasteiger partial charge in [-0.25, -0.2) is 0 Å². The Labute approximate surface area is 67.0 Å². The fraction of sp³-hybridized carbons (Fsp3) is 0.600. The molecule has 0 aliphatic carbocycles. The Morgan fingerprint density at radius 1 is 1.33 bits per heavy atom. The summed E-state index contributed by atoms with van der Waals surface area (Å²) in [5.74, 6) is -0.658. The predicted octanol–water partition coefficient (Wildman–Crippen LogP) is -1.60. The van der Waals surface area contributed by atoms with Crippen molar-refractivity contribution in [2.24, 2.45) is 15.4 Å². The summed E-state index contributed by atoms with van der Waals surface area (Å²) >= 11 is 0. The molecule has 0 aromatic carbocycles. The van der Waals surface area contributed by atoms with Gasteiger partial charge in [0, 0.05) is 6.42 Å². The first-order valence-electron chi connectivity index (χ1n) is 3.17. The average molecular weight is 173 g/mol. The molecule has 1 amide bonds. The molecule has 0 bridgehead atoms. The number of aliphatic hydroxyl groups excluding tert-OH is 2. The van der Waals surface area contributed by atoms with Crippen molar-refractivity contribution in [3.05, 3.63) is 0 Å². The quantitative estimate of drug-likeness (QED) is 0.445. The highest BCUT2D eigenvalue weighted by atomic mass is 16.5. The molecule has 0 radical (unpaired) electrons. The molecule has 1 atom stereocenters. The van der Waals surface area contributed by atoms with Gasteiger partial charge in [-0.3, -0.25) is 4.79 Å². The van der Waals surface area contributed by atoms with Crippen molar-refractivity contribution in [3.8, 4) is 0 Å². The van der Waals surface area contributed by atoms with Gasteiger partial charge in [0.2, 0.25) is 0 Å². The van der Waals surface area contributed by atoms with Crippen molar-refractivity contribution in [1.82, 2.24) is 0 Å². The van der Waals surface area contributed by atoms with Crippen LogP contribution in [0.1, 0.15) is 6.42 Å². The molecule has 0 aromatic rings. The van der Waals surface area contributed by atoms with E-state index in [9.17, 15) is 4.79 Å². The van der Waals surface area contributed by atoms with E-state index in [-0.39, 0.29) is 12.1 Å². The molecule has 1 heterocycles. The van der Waals surface area contributed by atoms with Crippen molar-refractivity contribution in [2.75, 3.05) is 0 Å². The highest BCUT2D eigenvalue weighted by Gasteiger charge is 2.23. The minimum absolute atomic E-state index is 0.0735. The summed E-state index contributed by atoms with van der Waals surface area (Å²) < 4.78 is 0.